The standard InChI is InChI=1S/C19H29FN2/c1-22-13-16(11-15-7-9-17(20)10-8-15)12-19(14-22)21-18-5-3-2-4-6-18/h7-10,16,18-19,21H,2-6,11-14H2,1H3. The summed E-state index contributed by atoms with van der Waals surface area (Å²) in [5.74, 6) is 0.534. The van der Waals surface area contributed by atoms with Crippen LogP contribution >= 0.6 is 0 Å². The highest BCUT2D eigenvalue weighted by Gasteiger charge is 2.27. The molecule has 0 spiro atoms. The highest BCUT2D eigenvalue weighted by Crippen LogP contribution is 2.23. The lowest BCUT2D eigenvalue weighted by atomic mass is 9.87. The predicted molar refractivity (Wildman–Crippen MR) is 89.5 cm³/mol. The van der Waals surface area contributed by atoms with E-state index in [9.17, 15) is 4.39 Å². The molecule has 2 aliphatic rings. The lowest BCUT2D eigenvalue weighted by molar-refractivity contribution is 0.155. The molecule has 122 valence electrons. The van der Waals surface area contributed by atoms with Crippen LogP contribution < -0.4 is 5.32 Å². The maximum atomic E-state index is 13.0. The Balaban J connectivity index is 1.54. The van der Waals surface area contributed by atoms with E-state index in [0.717, 1.165) is 25.6 Å². The molecular formula is C19H29FN2. The van der Waals surface area contributed by atoms with Gasteiger partial charge in [-0.15, -0.1) is 0 Å². The van der Waals surface area contributed by atoms with Gasteiger partial charge in [-0.25, -0.2) is 4.39 Å². The average molecular weight is 304 g/mol. The fourth-order valence-electron chi connectivity index (χ4n) is 4.27. The van der Waals surface area contributed by atoms with Crippen LogP contribution in [0.25, 0.3) is 0 Å². The largest absolute Gasteiger partial charge is 0.310 e. The van der Waals surface area contributed by atoms with Crippen molar-refractivity contribution < 1.29 is 4.39 Å². The first-order chi connectivity index (χ1) is 10.7. The van der Waals surface area contributed by atoms with Gasteiger partial charge in [0.15, 0.2) is 0 Å². The van der Waals surface area contributed by atoms with Gasteiger partial charge in [-0.1, -0.05) is 31.4 Å². The second-order valence-electron chi connectivity index (χ2n) is 7.35. The van der Waals surface area contributed by atoms with E-state index in [2.05, 4.69) is 17.3 Å². The molecular weight excluding hydrogens is 275 g/mol. The first kappa shape index (κ1) is 15.9. The number of likely N-dealkylation sites (tertiary alicyclic amines) is 1. The molecule has 3 rings (SSSR count). The summed E-state index contributed by atoms with van der Waals surface area (Å²) >= 11 is 0. The van der Waals surface area contributed by atoms with Gasteiger partial charge in [-0.3, -0.25) is 0 Å². The zero-order chi connectivity index (χ0) is 15.4. The summed E-state index contributed by atoms with van der Waals surface area (Å²) in [7, 11) is 2.23. The second-order valence-corrected chi connectivity index (χ2v) is 7.35. The molecule has 1 saturated carbocycles. The van der Waals surface area contributed by atoms with Crippen molar-refractivity contribution in [2.24, 2.45) is 5.92 Å². The molecule has 22 heavy (non-hydrogen) atoms. The van der Waals surface area contributed by atoms with E-state index in [1.54, 1.807) is 12.1 Å². The SMILES string of the molecule is CN1CC(Cc2ccc(F)cc2)CC(NC2CCCCC2)C1. The molecule has 2 nitrogen and oxygen atoms in total. The van der Waals surface area contributed by atoms with Crippen molar-refractivity contribution in [3.05, 3.63) is 35.6 Å². The maximum Gasteiger partial charge on any atom is 0.123 e. The molecule has 1 aliphatic carbocycles. The number of hydrogen-bond acceptors (Lipinski definition) is 2. The summed E-state index contributed by atoms with van der Waals surface area (Å²) < 4.78 is 13.0. The molecule has 2 atom stereocenters. The van der Waals surface area contributed by atoms with Crippen LogP contribution in [0.5, 0.6) is 0 Å². The normalized spacial score (nSPS) is 27.9. The van der Waals surface area contributed by atoms with Crippen molar-refractivity contribution in [3.8, 4) is 0 Å². The second kappa shape index (κ2) is 7.56. The molecule has 1 saturated heterocycles. The van der Waals surface area contributed by atoms with Crippen molar-refractivity contribution in [3.63, 3.8) is 0 Å². The number of halogens is 1. The van der Waals surface area contributed by atoms with Crippen LogP contribution in [0.2, 0.25) is 0 Å². The fourth-order valence-corrected chi connectivity index (χ4v) is 4.27. The van der Waals surface area contributed by atoms with E-state index < -0.39 is 0 Å². The minimum atomic E-state index is -0.138. The highest BCUT2D eigenvalue weighted by molar-refractivity contribution is 5.17. The monoisotopic (exact) mass is 304 g/mol. The Morgan fingerprint density at radius 2 is 1.77 bits per heavy atom. The van der Waals surface area contributed by atoms with Crippen LogP contribution in [0.1, 0.15) is 44.1 Å². The summed E-state index contributed by atoms with van der Waals surface area (Å²) in [5, 5.41) is 3.91. The topological polar surface area (TPSA) is 15.3 Å². The Bertz CT molecular complexity index is 453. The van der Waals surface area contributed by atoms with Crippen LogP contribution in [0.3, 0.4) is 0 Å². The molecule has 0 radical (unpaired) electrons. The molecule has 1 heterocycles. The summed E-state index contributed by atoms with van der Waals surface area (Å²) in [6.45, 7) is 2.32. The number of rotatable bonds is 4. The zero-order valence-electron chi connectivity index (χ0n) is 13.7. The Morgan fingerprint density at radius 3 is 2.50 bits per heavy atom. The van der Waals surface area contributed by atoms with Crippen molar-refractivity contribution >= 4 is 0 Å². The van der Waals surface area contributed by atoms with Crippen molar-refractivity contribution in [1.29, 1.82) is 0 Å². The number of benzene rings is 1. The molecule has 2 fully saturated rings. The van der Waals surface area contributed by atoms with Crippen LogP contribution in [-0.4, -0.2) is 37.1 Å². The molecule has 0 aromatic heterocycles. The Labute approximate surface area is 134 Å². The Kier molecular flexibility index (Phi) is 5.48. The average Bonchev–Trinajstić information content (AvgIpc) is 2.50. The first-order valence-corrected chi connectivity index (χ1v) is 8.88. The molecule has 0 amide bonds. The summed E-state index contributed by atoms with van der Waals surface area (Å²) in [6.07, 6.45) is 9.20. The Morgan fingerprint density at radius 1 is 1.05 bits per heavy atom. The lowest BCUT2D eigenvalue weighted by Gasteiger charge is -2.38. The molecule has 2 unspecified atom stereocenters. The molecule has 1 N–H and O–H groups in total. The molecule has 1 aromatic carbocycles. The quantitative estimate of drug-likeness (QED) is 0.914. The van der Waals surface area contributed by atoms with E-state index in [1.165, 1.54) is 44.1 Å². The van der Waals surface area contributed by atoms with Gasteiger partial charge in [0.05, 0.1) is 0 Å². The number of nitrogens with one attached hydrogen (secondary N) is 1. The van der Waals surface area contributed by atoms with Crippen LogP contribution in [0, 0.1) is 11.7 Å². The van der Waals surface area contributed by atoms with Crippen LogP contribution in [0.4, 0.5) is 4.39 Å². The number of piperidine rings is 1. The predicted octanol–water partition coefficient (Wildman–Crippen LogP) is 3.61. The number of likely N-dealkylation sites (N-methyl/N-ethyl adjacent to an activating group) is 1. The number of hydrogen-bond donors (Lipinski definition) is 1. The minimum Gasteiger partial charge on any atom is -0.310 e. The van der Waals surface area contributed by atoms with Gasteiger partial charge in [-0.05, 0) is 56.3 Å². The third kappa shape index (κ3) is 4.53. The molecule has 0 bridgehead atoms. The third-order valence-corrected chi connectivity index (χ3v) is 5.23. The molecule has 3 heteroatoms. The summed E-state index contributed by atoms with van der Waals surface area (Å²) in [4.78, 5) is 2.46. The van der Waals surface area contributed by atoms with Crippen LogP contribution in [0.15, 0.2) is 24.3 Å². The third-order valence-electron chi connectivity index (χ3n) is 5.23. The smallest absolute Gasteiger partial charge is 0.123 e. The minimum absolute atomic E-state index is 0.138. The fraction of sp³-hybridized carbons (Fsp3) is 0.684. The van der Waals surface area contributed by atoms with Crippen LogP contribution in [-0.2, 0) is 6.42 Å². The lowest BCUT2D eigenvalue weighted by Crippen LogP contribution is -2.51. The van der Waals surface area contributed by atoms with Gasteiger partial charge in [0.1, 0.15) is 5.82 Å². The van der Waals surface area contributed by atoms with Crippen molar-refractivity contribution in [2.75, 3.05) is 20.1 Å². The number of nitrogens with zero attached hydrogens (tertiary/aromatic N) is 1. The van der Waals surface area contributed by atoms with Gasteiger partial charge in [0.2, 0.25) is 0 Å². The van der Waals surface area contributed by atoms with E-state index in [1.807, 2.05) is 12.1 Å². The highest BCUT2D eigenvalue weighted by atomic mass is 19.1. The van der Waals surface area contributed by atoms with Crippen molar-refractivity contribution in [1.82, 2.24) is 10.2 Å². The summed E-state index contributed by atoms with van der Waals surface area (Å²) in [6, 6.07) is 8.39. The van der Waals surface area contributed by atoms with Crippen molar-refractivity contribution in [2.45, 2.75) is 57.0 Å². The summed E-state index contributed by atoms with van der Waals surface area (Å²) in [5.41, 5.74) is 1.26. The van der Waals surface area contributed by atoms with E-state index >= 15 is 0 Å². The molecule has 1 aliphatic heterocycles. The first-order valence-electron chi connectivity index (χ1n) is 8.88. The molecule has 1 aromatic rings. The zero-order valence-corrected chi connectivity index (χ0v) is 13.7. The van der Waals surface area contributed by atoms with Gasteiger partial charge in [0, 0.05) is 25.2 Å². The van der Waals surface area contributed by atoms with Gasteiger partial charge in [0.25, 0.3) is 0 Å². The van der Waals surface area contributed by atoms with E-state index in [-0.39, 0.29) is 5.82 Å². The van der Waals surface area contributed by atoms with Gasteiger partial charge in [-0.2, -0.15) is 0 Å². The van der Waals surface area contributed by atoms with Gasteiger partial charge >= 0.3 is 0 Å². The van der Waals surface area contributed by atoms with E-state index in [4.69, 9.17) is 0 Å². The Hall–Kier alpha value is -0.930. The maximum absolute atomic E-state index is 13.0. The van der Waals surface area contributed by atoms with E-state index in [0.29, 0.717) is 12.0 Å². The van der Waals surface area contributed by atoms with Gasteiger partial charge < -0.3 is 10.2 Å².